The Bertz CT molecular complexity index is 1090. The zero-order valence-corrected chi connectivity index (χ0v) is 16.2. The molecule has 3 saturated heterocycles. The molecule has 2 bridgehead atoms. The van der Waals surface area contributed by atoms with Gasteiger partial charge in [0, 0.05) is 23.8 Å². The van der Waals surface area contributed by atoms with Gasteiger partial charge in [-0.15, -0.1) is 0 Å². The Morgan fingerprint density at radius 3 is 2.41 bits per heavy atom. The van der Waals surface area contributed by atoms with Gasteiger partial charge in [0.2, 0.25) is 11.8 Å². The number of hydrogen-bond donors (Lipinski definition) is 1. The van der Waals surface area contributed by atoms with E-state index in [1.807, 2.05) is 31.2 Å². The molecule has 0 spiro atoms. The van der Waals surface area contributed by atoms with Crippen LogP contribution in [0.1, 0.15) is 38.2 Å². The zero-order chi connectivity index (χ0) is 20.4. The summed E-state index contributed by atoms with van der Waals surface area (Å²) >= 11 is 0. The zero-order valence-electron chi connectivity index (χ0n) is 16.2. The number of benzene rings is 2. The van der Waals surface area contributed by atoms with E-state index >= 15 is 0 Å². The Balaban J connectivity index is 1.67. The highest BCUT2D eigenvalue weighted by molar-refractivity contribution is 6.26. The van der Waals surface area contributed by atoms with E-state index in [1.165, 1.54) is 4.90 Å². The first-order valence-electron chi connectivity index (χ1n) is 10.1. The van der Waals surface area contributed by atoms with E-state index in [0.717, 1.165) is 11.8 Å². The molecule has 2 aromatic carbocycles. The van der Waals surface area contributed by atoms with Crippen molar-refractivity contribution in [2.75, 3.05) is 11.5 Å². The quantitative estimate of drug-likeness (QED) is 0.811. The van der Waals surface area contributed by atoms with Crippen LogP contribution in [-0.4, -0.2) is 34.7 Å². The van der Waals surface area contributed by atoms with Gasteiger partial charge < -0.3 is 9.84 Å². The van der Waals surface area contributed by atoms with Crippen molar-refractivity contribution in [3.63, 3.8) is 0 Å². The number of aliphatic hydroxyl groups is 1. The van der Waals surface area contributed by atoms with E-state index < -0.39 is 23.0 Å². The molecule has 2 unspecified atom stereocenters. The third-order valence-corrected chi connectivity index (χ3v) is 7.21. The second-order valence-corrected chi connectivity index (χ2v) is 8.32. The lowest BCUT2D eigenvalue weighted by molar-refractivity contribution is -0.132. The number of hydrogen-bond acceptors (Lipinski definition) is 5. The molecule has 6 heteroatoms. The highest BCUT2D eigenvalue weighted by atomic mass is 16.5. The van der Waals surface area contributed by atoms with Crippen LogP contribution >= 0.6 is 0 Å². The van der Waals surface area contributed by atoms with Crippen LogP contribution < -0.4 is 4.90 Å². The Morgan fingerprint density at radius 1 is 1.10 bits per heavy atom. The first-order chi connectivity index (χ1) is 14.0. The van der Waals surface area contributed by atoms with E-state index in [1.54, 1.807) is 12.1 Å². The maximum absolute atomic E-state index is 13.6. The van der Waals surface area contributed by atoms with Crippen molar-refractivity contribution in [1.82, 2.24) is 0 Å². The van der Waals surface area contributed by atoms with Crippen molar-refractivity contribution in [3.05, 3.63) is 42.0 Å². The first kappa shape index (κ1) is 18.3. The van der Waals surface area contributed by atoms with Gasteiger partial charge in [-0.2, -0.15) is 5.26 Å². The molecule has 3 aliphatic heterocycles. The van der Waals surface area contributed by atoms with Gasteiger partial charge in [0.15, 0.2) is 0 Å². The number of nitrogens with zero attached hydrogens (tertiary/aromatic N) is 2. The van der Waals surface area contributed by atoms with E-state index in [4.69, 9.17) is 4.74 Å². The van der Waals surface area contributed by atoms with E-state index in [9.17, 15) is 20.0 Å². The van der Waals surface area contributed by atoms with Crippen LogP contribution in [0.3, 0.4) is 0 Å². The fourth-order valence-corrected chi connectivity index (χ4v) is 5.90. The monoisotopic (exact) mass is 390 g/mol. The minimum absolute atomic E-state index is 0.0791. The van der Waals surface area contributed by atoms with Crippen LogP contribution in [0.25, 0.3) is 10.8 Å². The molecule has 0 aromatic heterocycles. The van der Waals surface area contributed by atoms with E-state index in [-0.39, 0.29) is 18.4 Å². The fraction of sp³-hybridized carbons (Fsp3) is 0.435. The highest BCUT2D eigenvalue weighted by Crippen LogP contribution is 2.63. The second-order valence-electron chi connectivity index (χ2n) is 8.32. The highest BCUT2D eigenvalue weighted by Gasteiger charge is 2.74. The van der Waals surface area contributed by atoms with Crippen molar-refractivity contribution in [2.45, 2.75) is 43.8 Å². The second kappa shape index (κ2) is 6.12. The summed E-state index contributed by atoms with van der Waals surface area (Å²) in [5, 5.41) is 20.5. The lowest BCUT2D eigenvalue weighted by Gasteiger charge is -2.30. The van der Waals surface area contributed by atoms with Gasteiger partial charge in [0.05, 0.1) is 40.4 Å². The molecule has 0 aliphatic carbocycles. The van der Waals surface area contributed by atoms with Crippen LogP contribution in [0.15, 0.2) is 36.4 Å². The molecular formula is C23H22N2O4. The van der Waals surface area contributed by atoms with Crippen molar-refractivity contribution >= 4 is 28.3 Å². The van der Waals surface area contributed by atoms with Crippen LogP contribution in [0.5, 0.6) is 0 Å². The molecule has 6 nitrogen and oxygen atoms in total. The Hall–Kier alpha value is -2.75. The van der Waals surface area contributed by atoms with Gasteiger partial charge in [-0.25, -0.2) is 4.90 Å². The first-order valence-corrected chi connectivity index (χ1v) is 10.1. The Labute approximate surface area is 168 Å². The normalized spacial score (nSPS) is 32.8. The van der Waals surface area contributed by atoms with Crippen molar-refractivity contribution < 1.29 is 19.4 Å². The largest absolute Gasteiger partial charge is 0.396 e. The molecule has 29 heavy (non-hydrogen) atoms. The summed E-state index contributed by atoms with van der Waals surface area (Å²) in [6.07, 6.45) is 2.43. The standard InChI is InChI=1S/C23H22N2O4/c1-2-22-9-10-23(29-22,11-12-26)19-18(22)20(27)25(21(19)28)17-8-7-14(13-24)15-5-3-4-6-16(15)17/h3-8,18-19,26H,2,9-12H2,1H3/t18-,19+,22?,23?/m1/s1. The number of rotatable bonds is 4. The number of imide groups is 1. The molecule has 1 N–H and O–H groups in total. The number of fused-ring (bicyclic) bond motifs is 6. The van der Waals surface area contributed by atoms with Crippen LogP contribution in [0.4, 0.5) is 5.69 Å². The van der Waals surface area contributed by atoms with Gasteiger partial charge in [-0.3, -0.25) is 9.59 Å². The molecule has 3 fully saturated rings. The lowest BCUT2D eigenvalue weighted by atomic mass is 9.66. The molecule has 0 saturated carbocycles. The molecular weight excluding hydrogens is 368 g/mol. The molecule has 2 amide bonds. The maximum atomic E-state index is 13.6. The van der Waals surface area contributed by atoms with Crippen molar-refractivity contribution in [1.29, 1.82) is 5.26 Å². The maximum Gasteiger partial charge on any atom is 0.240 e. The SMILES string of the molecule is CCC12CCC(CCO)(O1)[C@@H]1C(=O)N(c3ccc(C#N)c4ccccc34)C(=O)[C@@H]12. The van der Waals surface area contributed by atoms with Crippen molar-refractivity contribution in [2.24, 2.45) is 11.8 Å². The molecule has 3 aliphatic rings. The molecule has 0 radical (unpaired) electrons. The predicted octanol–water partition coefficient (Wildman–Crippen LogP) is 2.91. The number of amides is 2. The summed E-state index contributed by atoms with van der Waals surface area (Å²) in [6, 6.07) is 12.9. The number of aliphatic hydroxyl groups excluding tert-OH is 1. The van der Waals surface area contributed by atoms with Gasteiger partial charge in [-0.05, 0) is 31.4 Å². The Kier molecular flexibility index (Phi) is 3.86. The van der Waals surface area contributed by atoms with Crippen LogP contribution in [-0.2, 0) is 14.3 Å². The van der Waals surface area contributed by atoms with Gasteiger partial charge in [0.25, 0.3) is 0 Å². The minimum atomic E-state index is -0.765. The summed E-state index contributed by atoms with van der Waals surface area (Å²) in [4.78, 5) is 28.5. The third-order valence-electron chi connectivity index (χ3n) is 7.21. The minimum Gasteiger partial charge on any atom is -0.396 e. The molecule has 5 rings (SSSR count). The average Bonchev–Trinajstić information content (AvgIpc) is 3.34. The van der Waals surface area contributed by atoms with E-state index in [0.29, 0.717) is 35.9 Å². The molecule has 3 heterocycles. The predicted molar refractivity (Wildman–Crippen MR) is 106 cm³/mol. The number of nitriles is 1. The average molecular weight is 390 g/mol. The van der Waals surface area contributed by atoms with Crippen LogP contribution in [0, 0.1) is 23.2 Å². The fourth-order valence-electron chi connectivity index (χ4n) is 5.90. The summed E-state index contributed by atoms with van der Waals surface area (Å²) in [5.74, 6) is -1.56. The van der Waals surface area contributed by atoms with Crippen LogP contribution in [0.2, 0.25) is 0 Å². The number of carbonyl (C=O) groups excluding carboxylic acids is 2. The Morgan fingerprint density at radius 2 is 1.76 bits per heavy atom. The molecule has 2 aromatic rings. The molecule has 4 atom stereocenters. The number of ether oxygens (including phenoxy) is 1. The smallest absolute Gasteiger partial charge is 0.240 e. The van der Waals surface area contributed by atoms with Gasteiger partial charge in [0.1, 0.15) is 0 Å². The lowest BCUT2D eigenvalue weighted by Crippen LogP contribution is -2.43. The topological polar surface area (TPSA) is 90.6 Å². The number of carbonyl (C=O) groups is 2. The third kappa shape index (κ3) is 2.17. The summed E-state index contributed by atoms with van der Waals surface area (Å²) < 4.78 is 6.38. The van der Waals surface area contributed by atoms with E-state index in [2.05, 4.69) is 6.07 Å². The van der Waals surface area contributed by atoms with Crippen molar-refractivity contribution in [3.8, 4) is 6.07 Å². The molecule has 148 valence electrons. The summed E-state index contributed by atoms with van der Waals surface area (Å²) in [5.41, 5.74) is -0.370. The summed E-state index contributed by atoms with van der Waals surface area (Å²) in [7, 11) is 0. The van der Waals surface area contributed by atoms with Gasteiger partial charge >= 0.3 is 0 Å². The summed E-state index contributed by atoms with van der Waals surface area (Å²) in [6.45, 7) is 1.92. The van der Waals surface area contributed by atoms with Gasteiger partial charge in [-0.1, -0.05) is 31.2 Å². The number of anilines is 1.